The summed E-state index contributed by atoms with van der Waals surface area (Å²) >= 11 is 3.51. The Morgan fingerprint density at radius 1 is 1.44 bits per heavy atom. The van der Waals surface area contributed by atoms with Crippen LogP contribution in [0.1, 0.15) is 41.3 Å². The Bertz CT molecular complexity index is 452. The molecule has 1 atom stereocenters. The Morgan fingerprint density at radius 2 is 2.12 bits per heavy atom. The van der Waals surface area contributed by atoms with E-state index >= 15 is 0 Å². The molecule has 1 aromatic carbocycles. The molecule has 1 aromatic rings. The third kappa shape index (κ3) is 1.67. The molecule has 0 amide bonds. The van der Waals surface area contributed by atoms with Crippen LogP contribution < -0.4 is 4.74 Å². The lowest BCUT2D eigenvalue weighted by molar-refractivity contribution is 0.0845. The number of carbonyl (C=O) groups excluding carboxylic acids is 1. The molecule has 1 heterocycles. The lowest BCUT2D eigenvalue weighted by Gasteiger charge is -2.07. The van der Waals surface area contributed by atoms with Gasteiger partial charge in [-0.3, -0.25) is 4.79 Å². The maximum absolute atomic E-state index is 12.1. The van der Waals surface area contributed by atoms with E-state index in [1.54, 1.807) is 0 Å². The molecule has 0 radical (unpaired) electrons. The minimum atomic E-state index is -0.271. The van der Waals surface area contributed by atoms with E-state index in [1.807, 2.05) is 19.9 Å². The highest BCUT2D eigenvalue weighted by atomic mass is 79.9. The highest BCUT2D eigenvalue weighted by molar-refractivity contribution is 9.10. The summed E-state index contributed by atoms with van der Waals surface area (Å²) in [6.07, 6.45) is 1.49. The molecule has 0 saturated heterocycles. The van der Waals surface area contributed by atoms with Gasteiger partial charge in [-0.05, 0) is 37.5 Å². The second-order valence-electron chi connectivity index (χ2n) is 4.27. The highest BCUT2D eigenvalue weighted by Crippen LogP contribution is 2.38. The first-order chi connectivity index (χ1) is 7.56. The SMILES string of the molecule is CCCC1Oc2cc(C)c(Br)c(C)c2C1=O. The van der Waals surface area contributed by atoms with Crippen molar-refractivity contribution in [2.75, 3.05) is 0 Å². The third-order valence-corrected chi connectivity index (χ3v) is 4.22. The average molecular weight is 283 g/mol. The molecule has 2 rings (SSSR count). The van der Waals surface area contributed by atoms with Gasteiger partial charge in [0.15, 0.2) is 6.10 Å². The summed E-state index contributed by atoms with van der Waals surface area (Å²) in [7, 11) is 0. The van der Waals surface area contributed by atoms with Crippen LogP contribution in [0.3, 0.4) is 0 Å². The molecule has 0 spiro atoms. The highest BCUT2D eigenvalue weighted by Gasteiger charge is 2.34. The summed E-state index contributed by atoms with van der Waals surface area (Å²) in [6, 6.07) is 1.94. The molecule has 2 nitrogen and oxygen atoms in total. The molecule has 0 aromatic heterocycles. The average Bonchev–Trinajstić information content (AvgIpc) is 2.53. The molecular weight excluding hydrogens is 268 g/mol. The van der Waals surface area contributed by atoms with Gasteiger partial charge in [0, 0.05) is 4.47 Å². The molecule has 86 valence electrons. The number of benzene rings is 1. The van der Waals surface area contributed by atoms with E-state index in [9.17, 15) is 4.79 Å². The molecular formula is C13H15BrO2. The maximum atomic E-state index is 12.1. The van der Waals surface area contributed by atoms with Gasteiger partial charge in [-0.25, -0.2) is 0 Å². The van der Waals surface area contributed by atoms with Crippen molar-refractivity contribution in [1.29, 1.82) is 0 Å². The summed E-state index contributed by atoms with van der Waals surface area (Å²) in [5.41, 5.74) is 2.87. The van der Waals surface area contributed by atoms with Gasteiger partial charge in [0.25, 0.3) is 0 Å². The van der Waals surface area contributed by atoms with Crippen LogP contribution in [0.5, 0.6) is 5.75 Å². The molecule has 0 bridgehead atoms. The van der Waals surface area contributed by atoms with E-state index in [4.69, 9.17) is 4.74 Å². The van der Waals surface area contributed by atoms with Crippen molar-refractivity contribution in [2.24, 2.45) is 0 Å². The van der Waals surface area contributed by atoms with E-state index in [-0.39, 0.29) is 11.9 Å². The minimum absolute atomic E-state index is 0.134. The smallest absolute Gasteiger partial charge is 0.207 e. The van der Waals surface area contributed by atoms with Crippen LogP contribution >= 0.6 is 15.9 Å². The number of hydrogen-bond donors (Lipinski definition) is 0. The van der Waals surface area contributed by atoms with Gasteiger partial charge in [0.2, 0.25) is 5.78 Å². The lowest BCUT2D eigenvalue weighted by atomic mass is 9.99. The van der Waals surface area contributed by atoms with Crippen molar-refractivity contribution in [3.63, 3.8) is 0 Å². The van der Waals surface area contributed by atoms with E-state index in [0.717, 1.165) is 39.8 Å². The Balaban J connectivity index is 2.48. The first-order valence-electron chi connectivity index (χ1n) is 5.56. The first kappa shape index (κ1) is 11.6. The fraction of sp³-hybridized carbons (Fsp3) is 0.462. The molecule has 0 aliphatic carbocycles. The number of hydrogen-bond acceptors (Lipinski definition) is 2. The van der Waals surface area contributed by atoms with Crippen LogP contribution in [0.25, 0.3) is 0 Å². The number of ketones is 1. The Labute approximate surface area is 104 Å². The van der Waals surface area contributed by atoms with E-state index < -0.39 is 0 Å². The van der Waals surface area contributed by atoms with Gasteiger partial charge in [-0.15, -0.1) is 0 Å². The molecule has 0 N–H and O–H groups in total. The van der Waals surface area contributed by atoms with Gasteiger partial charge in [-0.1, -0.05) is 29.3 Å². The van der Waals surface area contributed by atoms with Gasteiger partial charge in [0.1, 0.15) is 5.75 Å². The van der Waals surface area contributed by atoms with Crippen LogP contribution in [0.4, 0.5) is 0 Å². The number of ether oxygens (including phenoxy) is 1. The summed E-state index contributed by atoms with van der Waals surface area (Å²) in [4.78, 5) is 12.1. The van der Waals surface area contributed by atoms with Crippen LogP contribution in [0.15, 0.2) is 10.5 Å². The van der Waals surface area contributed by atoms with E-state index in [0.29, 0.717) is 0 Å². The lowest BCUT2D eigenvalue weighted by Crippen LogP contribution is -2.20. The number of carbonyl (C=O) groups is 1. The van der Waals surface area contributed by atoms with Crippen molar-refractivity contribution >= 4 is 21.7 Å². The van der Waals surface area contributed by atoms with Crippen LogP contribution in [0, 0.1) is 13.8 Å². The number of fused-ring (bicyclic) bond motifs is 1. The zero-order valence-corrected chi connectivity index (χ0v) is 11.3. The van der Waals surface area contributed by atoms with Gasteiger partial charge < -0.3 is 4.74 Å². The molecule has 3 heteroatoms. The number of aryl methyl sites for hydroxylation is 1. The zero-order valence-electron chi connectivity index (χ0n) is 9.76. The third-order valence-electron chi connectivity index (χ3n) is 3.00. The largest absolute Gasteiger partial charge is 0.481 e. The fourth-order valence-electron chi connectivity index (χ4n) is 2.14. The number of halogens is 1. The summed E-state index contributed by atoms with van der Waals surface area (Å²) < 4.78 is 6.72. The van der Waals surface area contributed by atoms with Crippen LogP contribution in [0.2, 0.25) is 0 Å². The predicted octanol–water partition coefficient (Wildman–Crippen LogP) is 3.81. The maximum Gasteiger partial charge on any atom is 0.207 e. The van der Waals surface area contributed by atoms with Crippen LogP contribution in [-0.2, 0) is 0 Å². The van der Waals surface area contributed by atoms with E-state index in [1.165, 1.54) is 0 Å². The molecule has 16 heavy (non-hydrogen) atoms. The molecule has 0 saturated carbocycles. The van der Waals surface area contributed by atoms with Crippen LogP contribution in [-0.4, -0.2) is 11.9 Å². The molecule has 1 aliphatic rings. The fourth-order valence-corrected chi connectivity index (χ4v) is 2.45. The van der Waals surface area contributed by atoms with Crippen molar-refractivity contribution in [3.05, 3.63) is 27.2 Å². The van der Waals surface area contributed by atoms with Crippen molar-refractivity contribution in [3.8, 4) is 5.75 Å². The number of Topliss-reactive ketones (excluding diaryl/α,β-unsaturated/α-hetero) is 1. The second-order valence-corrected chi connectivity index (χ2v) is 5.06. The normalized spacial score (nSPS) is 18.5. The quantitative estimate of drug-likeness (QED) is 0.825. The predicted molar refractivity (Wildman–Crippen MR) is 67.3 cm³/mol. The van der Waals surface area contributed by atoms with Gasteiger partial charge in [0.05, 0.1) is 5.56 Å². The molecule has 1 aliphatic heterocycles. The van der Waals surface area contributed by atoms with Gasteiger partial charge in [-0.2, -0.15) is 0 Å². The molecule has 1 unspecified atom stereocenters. The van der Waals surface area contributed by atoms with Gasteiger partial charge >= 0.3 is 0 Å². The Kier molecular flexibility index (Phi) is 3.06. The minimum Gasteiger partial charge on any atom is -0.481 e. The molecule has 0 fully saturated rings. The summed E-state index contributed by atoms with van der Waals surface area (Å²) in [6.45, 7) is 6.04. The summed E-state index contributed by atoms with van der Waals surface area (Å²) in [5.74, 6) is 0.886. The van der Waals surface area contributed by atoms with Crippen molar-refractivity contribution in [2.45, 2.75) is 39.7 Å². The van der Waals surface area contributed by atoms with Crippen molar-refractivity contribution in [1.82, 2.24) is 0 Å². The monoisotopic (exact) mass is 282 g/mol. The first-order valence-corrected chi connectivity index (χ1v) is 6.36. The zero-order chi connectivity index (χ0) is 11.9. The number of rotatable bonds is 2. The Hall–Kier alpha value is -0.830. The van der Waals surface area contributed by atoms with E-state index in [2.05, 4.69) is 22.9 Å². The Morgan fingerprint density at radius 3 is 2.75 bits per heavy atom. The van der Waals surface area contributed by atoms with Crippen molar-refractivity contribution < 1.29 is 9.53 Å². The second kappa shape index (κ2) is 4.21. The summed E-state index contributed by atoms with van der Waals surface area (Å²) in [5, 5.41) is 0. The topological polar surface area (TPSA) is 26.3 Å². The standard InChI is InChI=1S/C13H15BrO2/c1-4-5-9-13(15)11-8(3)12(14)7(2)6-10(11)16-9/h6,9H,4-5H2,1-3H3.